The van der Waals surface area contributed by atoms with Gasteiger partial charge in [-0.1, -0.05) is 31.4 Å². The van der Waals surface area contributed by atoms with Crippen LogP contribution in [0.4, 0.5) is 0 Å². The van der Waals surface area contributed by atoms with Crippen molar-refractivity contribution in [3.8, 4) is 5.75 Å². The third-order valence-electron chi connectivity index (χ3n) is 2.60. The molecule has 0 unspecified atom stereocenters. The van der Waals surface area contributed by atoms with E-state index in [1.165, 1.54) is 12.8 Å². The third kappa shape index (κ3) is 2.72. The van der Waals surface area contributed by atoms with Crippen LogP contribution in [0.3, 0.4) is 0 Å². The second-order valence-electron chi connectivity index (χ2n) is 4.02. The van der Waals surface area contributed by atoms with Crippen molar-refractivity contribution in [1.29, 1.82) is 0 Å². The molecule has 1 nitrogen and oxygen atoms in total. The van der Waals surface area contributed by atoms with Gasteiger partial charge in [0.2, 0.25) is 0 Å². The Morgan fingerprint density at radius 3 is 2.87 bits per heavy atom. The normalized spacial score (nSPS) is 16.4. The zero-order valence-electron chi connectivity index (χ0n) is 8.91. The first-order valence-corrected chi connectivity index (χ1v) is 5.34. The van der Waals surface area contributed by atoms with Gasteiger partial charge in [0.05, 0.1) is 6.61 Å². The predicted octanol–water partition coefficient (Wildman–Crippen LogP) is 1.85. The highest BCUT2D eigenvalue weighted by atomic mass is 16.5. The first kappa shape index (κ1) is 10.0. The minimum atomic E-state index is 0.788. The summed E-state index contributed by atoms with van der Waals surface area (Å²) in [7, 11) is 0. The number of benzene rings is 1. The number of hydrogen-bond donors (Lipinski definition) is 0. The van der Waals surface area contributed by atoms with Crippen molar-refractivity contribution in [1.82, 2.24) is 0 Å². The molecule has 0 aliphatic heterocycles. The molecular weight excluding hydrogens is 184 g/mol. The maximum absolute atomic E-state index is 5.69. The lowest BCUT2D eigenvalue weighted by molar-refractivity contribution is 0.299. The summed E-state index contributed by atoms with van der Waals surface area (Å²) in [5.74, 6) is 1.72. The Bertz CT molecular complexity index is 455. The standard InChI is InChI=1S/C14H16O/c1-3-4-13-9-14(8-5-11(13)2)15-10-12-6-7-12/h3-5,8-9,12H,1-2,6-7,10H2/b13-4-. The van der Waals surface area contributed by atoms with Gasteiger partial charge in [0, 0.05) is 0 Å². The van der Waals surface area contributed by atoms with Crippen molar-refractivity contribution in [3.63, 3.8) is 0 Å². The summed E-state index contributed by atoms with van der Waals surface area (Å²) < 4.78 is 5.69. The van der Waals surface area contributed by atoms with Crippen LogP contribution in [0.5, 0.6) is 5.75 Å². The van der Waals surface area contributed by atoms with Crippen molar-refractivity contribution in [2.45, 2.75) is 12.8 Å². The van der Waals surface area contributed by atoms with Crippen LogP contribution in [-0.2, 0) is 0 Å². The van der Waals surface area contributed by atoms with Gasteiger partial charge in [0.1, 0.15) is 5.75 Å². The van der Waals surface area contributed by atoms with Gasteiger partial charge in [-0.15, -0.1) is 0 Å². The van der Waals surface area contributed by atoms with Crippen LogP contribution in [-0.4, -0.2) is 6.61 Å². The highest BCUT2D eigenvalue weighted by molar-refractivity contribution is 5.39. The van der Waals surface area contributed by atoms with Gasteiger partial charge in [-0.25, -0.2) is 0 Å². The molecule has 0 saturated heterocycles. The van der Waals surface area contributed by atoms with Crippen LogP contribution in [0.2, 0.25) is 0 Å². The summed E-state index contributed by atoms with van der Waals surface area (Å²) in [5.41, 5.74) is 0. The molecule has 0 N–H and O–H groups in total. The predicted molar refractivity (Wildman–Crippen MR) is 64.1 cm³/mol. The SMILES string of the molecule is C=C/C=c1/cc(OCC2CC2)ccc1=C. The number of ether oxygens (including phenoxy) is 1. The topological polar surface area (TPSA) is 9.23 Å². The molecular formula is C14H16O. The molecule has 1 fully saturated rings. The van der Waals surface area contributed by atoms with E-state index in [0.29, 0.717) is 0 Å². The van der Waals surface area contributed by atoms with E-state index < -0.39 is 0 Å². The van der Waals surface area contributed by atoms with Crippen molar-refractivity contribution in [2.24, 2.45) is 5.92 Å². The molecule has 1 aromatic carbocycles. The van der Waals surface area contributed by atoms with Gasteiger partial charge in [0.15, 0.2) is 0 Å². The molecule has 1 aliphatic rings. The molecule has 1 heteroatoms. The minimum Gasteiger partial charge on any atom is -0.493 e. The largest absolute Gasteiger partial charge is 0.493 e. The summed E-state index contributed by atoms with van der Waals surface area (Å²) in [4.78, 5) is 0. The Hall–Kier alpha value is -1.50. The molecule has 0 bridgehead atoms. The highest BCUT2D eigenvalue weighted by Crippen LogP contribution is 2.29. The van der Waals surface area contributed by atoms with Crippen molar-refractivity contribution < 1.29 is 4.74 Å². The second-order valence-corrected chi connectivity index (χ2v) is 4.02. The molecule has 0 heterocycles. The summed E-state index contributed by atoms with van der Waals surface area (Å²) in [6, 6.07) is 5.98. The molecule has 0 radical (unpaired) electrons. The Balaban J connectivity index is 2.17. The lowest BCUT2D eigenvalue weighted by Crippen LogP contribution is -2.22. The number of hydrogen-bond acceptors (Lipinski definition) is 1. The molecule has 0 spiro atoms. The fourth-order valence-corrected chi connectivity index (χ4v) is 1.44. The molecule has 0 aromatic heterocycles. The lowest BCUT2D eigenvalue weighted by atomic mass is 10.2. The van der Waals surface area contributed by atoms with Gasteiger partial charge in [-0.05, 0) is 41.3 Å². The maximum Gasteiger partial charge on any atom is 0.119 e. The van der Waals surface area contributed by atoms with Crippen LogP contribution in [0.15, 0.2) is 30.9 Å². The van der Waals surface area contributed by atoms with Crippen molar-refractivity contribution in [2.75, 3.05) is 6.61 Å². The third-order valence-corrected chi connectivity index (χ3v) is 2.60. The highest BCUT2D eigenvalue weighted by Gasteiger charge is 2.21. The zero-order chi connectivity index (χ0) is 10.7. The molecule has 2 rings (SSSR count). The molecule has 1 aliphatic carbocycles. The Kier molecular flexibility index (Phi) is 2.91. The number of allylic oxidation sites excluding steroid dienone is 1. The van der Waals surface area contributed by atoms with Crippen LogP contribution in [0, 0.1) is 5.92 Å². The molecule has 15 heavy (non-hydrogen) atoms. The second kappa shape index (κ2) is 4.35. The van der Waals surface area contributed by atoms with Gasteiger partial charge >= 0.3 is 0 Å². The van der Waals surface area contributed by atoms with Crippen LogP contribution in [0.1, 0.15) is 12.8 Å². The zero-order valence-corrected chi connectivity index (χ0v) is 8.91. The molecule has 1 aromatic rings. The van der Waals surface area contributed by atoms with E-state index in [-0.39, 0.29) is 0 Å². The first-order chi connectivity index (χ1) is 7.29. The molecule has 1 saturated carbocycles. The first-order valence-electron chi connectivity index (χ1n) is 5.34. The van der Waals surface area contributed by atoms with Crippen LogP contribution >= 0.6 is 0 Å². The lowest BCUT2D eigenvalue weighted by Gasteiger charge is -2.04. The van der Waals surface area contributed by atoms with Crippen LogP contribution < -0.4 is 15.2 Å². The fraction of sp³-hybridized carbons (Fsp3) is 0.286. The van der Waals surface area contributed by atoms with E-state index in [0.717, 1.165) is 28.7 Å². The summed E-state index contributed by atoms with van der Waals surface area (Å²) in [5, 5.41) is 2.09. The van der Waals surface area contributed by atoms with Gasteiger partial charge in [-0.3, -0.25) is 0 Å². The number of rotatable bonds is 4. The Morgan fingerprint density at radius 2 is 2.20 bits per heavy atom. The van der Waals surface area contributed by atoms with Crippen molar-refractivity contribution >= 4 is 12.7 Å². The quantitative estimate of drug-likeness (QED) is 0.720. The molecule has 0 atom stereocenters. The van der Waals surface area contributed by atoms with E-state index >= 15 is 0 Å². The minimum absolute atomic E-state index is 0.788. The van der Waals surface area contributed by atoms with E-state index in [1.54, 1.807) is 6.08 Å². The van der Waals surface area contributed by atoms with Gasteiger partial charge < -0.3 is 4.74 Å². The smallest absolute Gasteiger partial charge is 0.119 e. The monoisotopic (exact) mass is 200 g/mol. The van der Waals surface area contributed by atoms with E-state index in [9.17, 15) is 0 Å². The van der Waals surface area contributed by atoms with Crippen LogP contribution in [0.25, 0.3) is 12.7 Å². The summed E-state index contributed by atoms with van der Waals surface area (Å²) >= 11 is 0. The van der Waals surface area contributed by atoms with E-state index in [4.69, 9.17) is 4.74 Å². The molecule has 78 valence electrons. The maximum atomic E-state index is 5.69. The average Bonchev–Trinajstić information content (AvgIpc) is 3.03. The Morgan fingerprint density at radius 1 is 1.40 bits per heavy atom. The van der Waals surface area contributed by atoms with Gasteiger partial charge in [-0.2, -0.15) is 0 Å². The van der Waals surface area contributed by atoms with Gasteiger partial charge in [0.25, 0.3) is 0 Å². The Labute approximate surface area is 90.4 Å². The average molecular weight is 200 g/mol. The molecule has 0 amide bonds. The summed E-state index contributed by atoms with van der Waals surface area (Å²) in [6.07, 6.45) is 6.36. The summed E-state index contributed by atoms with van der Waals surface area (Å²) in [6.45, 7) is 8.49. The van der Waals surface area contributed by atoms with E-state index in [2.05, 4.69) is 13.2 Å². The van der Waals surface area contributed by atoms with E-state index in [1.807, 2.05) is 24.3 Å². The van der Waals surface area contributed by atoms with Crippen molar-refractivity contribution in [3.05, 3.63) is 41.3 Å². The fourth-order valence-electron chi connectivity index (χ4n) is 1.44.